The summed E-state index contributed by atoms with van der Waals surface area (Å²) in [5.74, 6) is 2.12. The first-order valence-electron chi connectivity index (χ1n) is 8.00. The molecule has 7 nitrogen and oxygen atoms in total. The van der Waals surface area contributed by atoms with Gasteiger partial charge in [-0.25, -0.2) is 0 Å². The third kappa shape index (κ3) is 2.76. The van der Waals surface area contributed by atoms with Crippen LogP contribution in [0.3, 0.4) is 0 Å². The SMILES string of the molecule is CN=NOc1ccc2c(c1)C(c1ccccc1Cl)=NCc1nnc(C)n1-2. The van der Waals surface area contributed by atoms with E-state index in [1.165, 1.54) is 0 Å². The van der Waals surface area contributed by atoms with E-state index in [0.717, 1.165) is 34.2 Å². The summed E-state index contributed by atoms with van der Waals surface area (Å²) in [6.07, 6.45) is 0. The summed E-state index contributed by atoms with van der Waals surface area (Å²) in [6, 6.07) is 13.3. The molecule has 0 saturated heterocycles. The van der Waals surface area contributed by atoms with Crippen LogP contribution in [-0.2, 0) is 6.54 Å². The largest absolute Gasteiger partial charge is 0.340 e. The Kier molecular flexibility index (Phi) is 4.22. The number of aliphatic imine (C=N–C) groups is 1. The van der Waals surface area contributed by atoms with Crippen molar-refractivity contribution in [1.29, 1.82) is 0 Å². The van der Waals surface area contributed by atoms with Gasteiger partial charge in [0.05, 0.1) is 18.4 Å². The smallest absolute Gasteiger partial charge is 0.160 e. The Hall–Kier alpha value is -3.06. The van der Waals surface area contributed by atoms with Gasteiger partial charge in [-0.05, 0) is 31.2 Å². The highest BCUT2D eigenvalue weighted by atomic mass is 35.5. The van der Waals surface area contributed by atoms with Crippen LogP contribution in [0.2, 0.25) is 5.02 Å². The van der Waals surface area contributed by atoms with Gasteiger partial charge in [-0.15, -0.1) is 10.2 Å². The van der Waals surface area contributed by atoms with E-state index in [-0.39, 0.29) is 0 Å². The maximum atomic E-state index is 6.44. The fourth-order valence-corrected chi connectivity index (χ4v) is 3.21. The molecule has 4 rings (SSSR count). The standard InChI is InChI=1S/C18H15ClN6O/c1-11-22-23-17-10-21-18(13-5-3-4-6-15(13)19)14-9-12(26-24-20-2)7-8-16(14)25(11)17/h3-9H,10H2,1-2H3. The number of aromatic nitrogens is 3. The molecule has 0 radical (unpaired) electrons. The van der Waals surface area contributed by atoms with E-state index in [2.05, 4.69) is 20.6 Å². The van der Waals surface area contributed by atoms with Crippen molar-refractivity contribution in [2.75, 3.05) is 7.05 Å². The Labute approximate surface area is 155 Å². The third-order valence-electron chi connectivity index (χ3n) is 4.09. The number of hydrogen-bond acceptors (Lipinski definition) is 6. The second-order valence-corrected chi connectivity index (χ2v) is 6.10. The van der Waals surface area contributed by atoms with E-state index in [1.807, 2.05) is 54.0 Å². The van der Waals surface area contributed by atoms with E-state index in [4.69, 9.17) is 21.4 Å². The molecule has 0 atom stereocenters. The zero-order valence-corrected chi connectivity index (χ0v) is 15.0. The summed E-state index contributed by atoms with van der Waals surface area (Å²) in [5, 5.41) is 16.3. The first-order chi connectivity index (χ1) is 12.7. The molecule has 8 heteroatoms. The molecule has 0 amide bonds. The first kappa shape index (κ1) is 16.4. The molecule has 1 aliphatic heterocycles. The molecule has 2 aromatic carbocycles. The van der Waals surface area contributed by atoms with Gasteiger partial charge in [0.15, 0.2) is 11.6 Å². The van der Waals surface area contributed by atoms with Crippen LogP contribution in [0.1, 0.15) is 22.8 Å². The number of fused-ring (bicyclic) bond motifs is 3. The van der Waals surface area contributed by atoms with Gasteiger partial charge in [-0.2, -0.15) is 5.11 Å². The van der Waals surface area contributed by atoms with Gasteiger partial charge in [0.25, 0.3) is 0 Å². The van der Waals surface area contributed by atoms with Crippen molar-refractivity contribution in [3.8, 4) is 11.4 Å². The lowest BCUT2D eigenvalue weighted by atomic mass is 10.00. The summed E-state index contributed by atoms with van der Waals surface area (Å²) >= 11 is 6.44. The summed E-state index contributed by atoms with van der Waals surface area (Å²) in [5.41, 5.74) is 3.40. The van der Waals surface area contributed by atoms with Gasteiger partial charge in [0.2, 0.25) is 0 Å². The molecular weight excluding hydrogens is 352 g/mol. The minimum absolute atomic E-state index is 0.404. The molecule has 1 aromatic heterocycles. The maximum Gasteiger partial charge on any atom is 0.160 e. The van der Waals surface area contributed by atoms with Crippen LogP contribution in [0.4, 0.5) is 0 Å². The van der Waals surface area contributed by atoms with E-state index in [1.54, 1.807) is 7.05 Å². The molecule has 0 aliphatic carbocycles. The number of hydrogen-bond donors (Lipinski definition) is 0. The molecule has 130 valence electrons. The minimum Gasteiger partial charge on any atom is -0.340 e. The highest BCUT2D eigenvalue weighted by Gasteiger charge is 2.23. The zero-order chi connectivity index (χ0) is 18.1. The van der Waals surface area contributed by atoms with Crippen LogP contribution in [0.25, 0.3) is 5.69 Å². The van der Waals surface area contributed by atoms with E-state index in [0.29, 0.717) is 17.3 Å². The lowest BCUT2D eigenvalue weighted by Gasteiger charge is -2.14. The van der Waals surface area contributed by atoms with Crippen LogP contribution in [0, 0.1) is 6.92 Å². The summed E-state index contributed by atoms with van der Waals surface area (Å²) < 4.78 is 1.99. The molecule has 26 heavy (non-hydrogen) atoms. The molecule has 0 saturated carbocycles. The normalized spacial score (nSPS) is 13.1. The molecule has 0 fully saturated rings. The Bertz CT molecular complexity index is 1040. The van der Waals surface area contributed by atoms with Gasteiger partial charge in [0.1, 0.15) is 12.4 Å². The summed E-state index contributed by atoms with van der Waals surface area (Å²) in [7, 11) is 1.55. The highest BCUT2D eigenvalue weighted by Crippen LogP contribution is 2.31. The fraction of sp³-hybridized carbons (Fsp3) is 0.167. The maximum absolute atomic E-state index is 6.44. The second kappa shape index (κ2) is 6.68. The van der Waals surface area contributed by atoms with Crippen molar-refractivity contribution in [2.45, 2.75) is 13.5 Å². The predicted molar refractivity (Wildman–Crippen MR) is 98.3 cm³/mol. The first-order valence-corrected chi connectivity index (χ1v) is 8.38. The van der Waals surface area contributed by atoms with Gasteiger partial charge in [0, 0.05) is 21.4 Å². The number of aryl methyl sites for hydroxylation is 1. The summed E-state index contributed by atoms with van der Waals surface area (Å²) in [6.45, 7) is 2.32. The minimum atomic E-state index is 0.404. The number of benzene rings is 2. The average Bonchev–Trinajstić information content (AvgIpc) is 2.93. The van der Waals surface area contributed by atoms with E-state index in [9.17, 15) is 0 Å². The van der Waals surface area contributed by atoms with Crippen LogP contribution >= 0.6 is 11.6 Å². The van der Waals surface area contributed by atoms with Gasteiger partial charge in [-0.1, -0.05) is 29.8 Å². The fourth-order valence-electron chi connectivity index (χ4n) is 2.98. The lowest BCUT2D eigenvalue weighted by Crippen LogP contribution is -2.09. The molecular formula is C18H15ClN6O. The lowest BCUT2D eigenvalue weighted by molar-refractivity contribution is 0.309. The van der Waals surface area contributed by atoms with Crippen molar-refractivity contribution in [1.82, 2.24) is 14.8 Å². The molecule has 0 bridgehead atoms. The Morgan fingerprint density at radius 1 is 1.12 bits per heavy atom. The van der Waals surface area contributed by atoms with E-state index < -0.39 is 0 Å². The van der Waals surface area contributed by atoms with Crippen molar-refractivity contribution >= 4 is 17.3 Å². The quantitative estimate of drug-likeness (QED) is 0.520. The Morgan fingerprint density at radius 3 is 2.77 bits per heavy atom. The molecule has 1 aliphatic rings. The van der Waals surface area contributed by atoms with Crippen LogP contribution < -0.4 is 4.84 Å². The molecule has 3 aromatic rings. The van der Waals surface area contributed by atoms with Gasteiger partial charge >= 0.3 is 0 Å². The third-order valence-corrected chi connectivity index (χ3v) is 4.42. The molecule has 0 unspecified atom stereocenters. The van der Waals surface area contributed by atoms with Crippen molar-refractivity contribution in [3.63, 3.8) is 0 Å². The van der Waals surface area contributed by atoms with Crippen molar-refractivity contribution in [2.24, 2.45) is 15.4 Å². The monoisotopic (exact) mass is 366 g/mol. The number of rotatable bonds is 3. The molecule has 0 spiro atoms. The van der Waals surface area contributed by atoms with Gasteiger partial charge < -0.3 is 4.84 Å². The number of nitrogens with zero attached hydrogens (tertiary/aromatic N) is 6. The average molecular weight is 367 g/mol. The molecule has 0 N–H and O–H groups in total. The summed E-state index contributed by atoms with van der Waals surface area (Å²) in [4.78, 5) is 10.1. The van der Waals surface area contributed by atoms with Crippen LogP contribution in [0.15, 0.2) is 57.8 Å². The number of halogens is 1. The topological polar surface area (TPSA) is 77.0 Å². The highest BCUT2D eigenvalue weighted by molar-refractivity contribution is 6.35. The Morgan fingerprint density at radius 2 is 1.96 bits per heavy atom. The zero-order valence-electron chi connectivity index (χ0n) is 14.2. The van der Waals surface area contributed by atoms with E-state index >= 15 is 0 Å². The Balaban J connectivity index is 1.96. The second-order valence-electron chi connectivity index (χ2n) is 5.70. The van der Waals surface area contributed by atoms with Gasteiger partial charge in [-0.3, -0.25) is 9.56 Å². The van der Waals surface area contributed by atoms with Crippen molar-refractivity contribution < 1.29 is 4.84 Å². The molecule has 2 heterocycles. The predicted octanol–water partition coefficient (Wildman–Crippen LogP) is 3.96. The van der Waals surface area contributed by atoms with Crippen LogP contribution in [-0.4, -0.2) is 27.5 Å². The van der Waals surface area contributed by atoms with Crippen molar-refractivity contribution in [3.05, 3.63) is 70.3 Å². The van der Waals surface area contributed by atoms with Crippen LogP contribution in [0.5, 0.6) is 5.75 Å².